The van der Waals surface area contributed by atoms with E-state index in [0.29, 0.717) is 6.54 Å². The van der Waals surface area contributed by atoms with E-state index in [-0.39, 0.29) is 23.6 Å². The highest BCUT2D eigenvalue weighted by Gasteiger charge is 2.38. The van der Waals surface area contributed by atoms with Crippen molar-refractivity contribution in [3.63, 3.8) is 0 Å². The molecule has 0 spiro atoms. The van der Waals surface area contributed by atoms with Gasteiger partial charge in [0, 0.05) is 19.1 Å². The first-order valence-corrected chi connectivity index (χ1v) is 12.2. The number of benzene rings is 3. The quantitative estimate of drug-likeness (QED) is 0.508. The van der Waals surface area contributed by atoms with E-state index in [0.717, 1.165) is 22.8 Å². The number of carboxylic acid groups (broad SMARTS) is 1. The molecule has 3 aromatic rings. The van der Waals surface area contributed by atoms with Crippen LogP contribution in [0.25, 0.3) is 11.1 Å². The fourth-order valence-corrected chi connectivity index (χ4v) is 5.44. The van der Waals surface area contributed by atoms with Gasteiger partial charge in [0.15, 0.2) is 11.6 Å². The first kappa shape index (κ1) is 23.9. The number of ether oxygens (including phenoxy) is 1. The predicted molar refractivity (Wildman–Crippen MR) is 125 cm³/mol. The number of hydrogen-bond donors (Lipinski definition) is 2. The van der Waals surface area contributed by atoms with Crippen LogP contribution in [0, 0.1) is 5.82 Å². The normalized spacial score (nSPS) is 18.6. The third kappa shape index (κ3) is 5.27. The molecule has 1 saturated heterocycles. The lowest BCUT2D eigenvalue weighted by atomic mass is 10.0. The molecule has 0 unspecified atom stereocenters. The Kier molecular flexibility index (Phi) is 6.97. The van der Waals surface area contributed by atoms with Gasteiger partial charge in [-0.1, -0.05) is 54.6 Å². The summed E-state index contributed by atoms with van der Waals surface area (Å²) in [7, 11) is -2.75. The van der Waals surface area contributed by atoms with Gasteiger partial charge in [-0.25, -0.2) is 17.5 Å². The molecule has 0 aromatic heterocycles. The molecule has 34 heavy (non-hydrogen) atoms. The maximum Gasteiger partial charge on any atom is 0.320 e. The zero-order valence-electron chi connectivity index (χ0n) is 18.5. The van der Waals surface area contributed by atoms with E-state index in [9.17, 15) is 22.7 Å². The highest BCUT2D eigenvalue weighted by atomic mass is 32.2. The first-order valence-electron chi connectivity index (χ1n) is 10.7. The molecular weight excluding hydrogens is 459 g/mol. The minimum atomic E-state index is -4.04. The Balaban J connectivity index is 1.46. The van der Waals surface area contributed by atoms with Gasteiger partial charge in [0.05, 0.1) is 12.0 Å². The summed E-state index contributed by atoms with van der Waals surface area (Å²) in [4.78, 5) is 13.4. The fraction of sp³-hybridized carbons (Fsp3) is 0.240. The van der Waals surface area contributed by atoms with Gasteiger partial charge < -0.3 is 9.84 Å². The van der Waals surface area contributed by atoms with Crippen LogP contribution in [0.1, 0.15) is 12.0 Å². The third-order valence-electron chi connectivity index (χ3n) is 5.89. The molecule has 0 saturated carbocycles. The van der Waals surface area contributed by atoms with Crippen molar-refractivity contribution in [1.82, 2.24) is 9.62 Å². The number of methoxy groups -OCH3 is 1. The minimum Gasteiger partial charge on any atom is -0.494 e. The highest BCUT2D eigenvalue weighted by molar-refractivity contribution is 7.89. The number of carbonyl (C=O) groups is 1. The van der Waals surface area contributed by atoms with Gasteiger partial charge in [-0.15, -0.1) is 0 Å². The van der Waals surface area contributed by atoms with Gasteiger partial charge in [0.2, 0.25) is 10.0 Å². The zero-order valence-corrected chi connectivity index (χ0v) is 19.3. The van der Waals surface area contributed by atoms with Gasteiger partial charge in [-0.3, -0.25) is 9.69 Å². The van der Waals surface area contributed by atoms with Crippen molar-refractivity contribution in [3.05, 3.63) is 84.2 Å². The van der Waals surface area contributed by atoms with Gasteiger partial charge in [-0.05, 0) is 41.3 Å². The summed E-state index contributed by atoms with van der Waals surface area (Å²) in [5.41, 5.74) is 3.06. The third-order valence-corrected chi connectivity index (χ3v) is 7.41. The number of likely N-dealkylation sites (tertiary alicyclic amines) is 1. The van der Waals surface area contributed by atoms with Crippen molar-refractivity contribution in [3.8, 4) is 16.9 Å². The van der Waals surface area contributed by atoms with Crippen molar-refractivity contribution in [2.45, 2.75) is 29.9 Å². The molecule has 1 fully saturated rings. The van der Waals surface area contributed by atoms with Crippen LogP contribution in [0.2, 0.25) is 0 Å². The van der Waals surface area contributed by atoms with Crippen molar-refractivity contribution in [1.29, 1.82) is 0 Å². The molecule has 0 amide bonds. The van der Waals surface area contributed by atoms with E-state index >= 15 is 0 Å². The molecule has 0 radical (unpaired) electrons. The summed E-state index contributed by atoms with van der Waals surface area (Å²) in [6.07, 6.45) is 0.106. The van der Waals surface area contributed by atoms with Crippen LogP contribution in [0.3, 0.4) is 0 Å². The lowest BCUT2D eigenvalue weighted by molar-refractivity contribution is -0.142. The average Bonchev–Trinajstić information content (AvgIpc) is 3.21. The van der Waals surface area contributed by atoms with Crippen molar-refractivity contribution in [2.75, 3.05) is 13.7 Å². The van der Waals surface area contributed by atoms with Gasteiger partial charge in [0.1, 0.15) is 6.04 Å². The summed E-state index contributed by atoms with van der Waals surface area (Å²) in [5, 5.41) is 9.70. The standard InChI is InChI=1S/C25H25FN2O5S/c1-33-24-12-11-21(14-22(24)26)34(31,32)27-20-13-23(25(29)30)28(16-20)15-17-7-9-19(10-8-17)18-5-3-2-4-6-18/h2-12,14,20,23,27H,13,15-16H2,1H3,(H,29,30)/t20-,23-/m0/s1. The number of rotatable bonds is 8. The van der Waals surface area contributed by atoms with E-state index in [4.69, 9.17) is 4.74 Å². The minimum absolute atomic E-state index is 0.0600. The Morgan fingerprint density at radius 2 is 1.76 bits per heavy atom. The second-order valence-corrected chi connectivity index (χ2v) is 9.91. The van der Waals surface area contributed by atoms with Crippen LogP contribution in [0.15, 0.2) is 77.7 Å². The second-order valence-electron chi connectivity index (χ2n) is 8.20. The Hall–Kier alpha value is -3.27. The number of hydrogen-bond acceptors (Lipinski definition) is 5. The van der Waals surface area contributed by atoms with E-state index in [1.54, 1.807) is 4.90 Å². The molecule has 2 atom stereocenters. The summed E-state index contributed by atoms with van der Waals surface area (Å²) < 4.78 is 46.9. The number of halogens is 1. The van der Waals surface area contributed by atoms with E-state index in [2.05, 4.69) is 4.72 Å². The van der Waals surface area contributed by atoms with Crippen LogP contribution in [-0.4, -0.2) is 50.1 Å². The highest BCUT2D eigenvalue weighted by Crippen LogP contribution is 2.26. The summed E-state index contributed by atoms with van der Waals surface area (Å²) in [6.45, 7) is 0.580. The van der Waals surface area contributed by atoms with Crippen molar-refractivity contribution >= 4 is 16.0 Å². The molecule has 7 nitrogen and oxygen atoms in total. The Morgan fingerprint density at radius 3 is 2.38 bits per heavy atom. The summed E-state index contributed by atoms with van der Waals surface area (Å²) in [5.74, 6) is -1.87. The van der Waals surface area contributed by atoms with Crippen molar-refractivity contribution < 1.29 is 27.4 Å². The van der Waals surface area contributed by atoms with Crippen LogP contribution in [-0.2, 0) is 21.4 Å². The molecule has 3 aromatic carbocycles. The van der Waals surface area contributed by atoms with Crippen LogP contribution in [0.4, 0.5) is 4.39 Å². The Morgan fingerprint density at radius 1 is 1.09 bits per heavy atom. The number of sulfonamides is 1. The molecular formula is C25H25FN2O5S. The topological polar surface area (TPSA) is 95.9 Å². The summed E-state index contributed by atoms with van der Waals surface area (Å²) >= 11 is 0. The lowest BCUT2D eigenvalue weighted by Gasteiger charge is -2.21. The monoisotopic (exact) mass is 484 g/mol. The van der Waals surface area contributed by atoms with Crippen LogP contribution >= 0.6 is 0 Å². The number of aliphatic carboxylic acids is 1. The second kappa shape index (κ2) is 9.92. The Labute approximate surface area is 197 Å². The maximum atomic E-state index is 14.0. The molecule has 1 aliphatic heterocycles. The van der Waals surface area contributed by atoms with E-state index in [1.807, 2.05) is 54.6 Å². The molecule has 9 heteroatoms. The largest absolute Gasteiger partial charge is 0.494 e. The van der Waals surface area contributed by atoms with Gasteiger partial charge in [-0.2, -0.15) is 0 Å². The molecule has 0 aliphatic carbocycles. The SMILES string of the molecule is COc1ccc(S(=O)(=O)N[C@H]2C[C@@H](C(=O)O)N(Cc3ccc(-c4ccccc4)cc3)C2)cc1F. The van der Waals surface area contributed by atoms with E-state index in [1.165, 1.54) is 19.2 Å². The molecule has 1 heterocycles. The smallest absolute Gasteiger partial charge is 0.320 e. The molecule has 4 rings (SSSR count). The lowest BCUT2D eigenvalue weighted by Crippen LogP contribution is -2.37. The summed E-state index contributed by atoms with van der Waals surface area (Å²) in [6, 6.07) is 19.7. The van der Waals surface area contributed by atoms with Crippen LogP contribution < -0.4 is 9.46 Å². The Bertz CT molecular complexity index is 1270. The first-order chi connectivity index (χ1) is 16.3. The van der Waals surface area contributed by atoms with Gasteiger partial charge in [0.25, 0.3) is 0 Å². The maximum absolute atomic E-state index is 14.0. The van der Waals surface area contributed by atoms with Gasteiger partial charge >= 0.3 is 5.97 Å². The number of nitrogens with zero attached hydrogens (tertiary/aromatic N) is 1. The zero-order chi connectivity index (χ0) is 24.3. The fourth-order valence-electron chi connectivity index (χ4n) is 4.19. The molecule has 0 bridgehead atoms. The number of carboxylic acids is 1. The van der Waals surface area contributed by atoms with E-state index < -0.39 is 33.9 Å². The van der Waals surface area contributed by atoms with Crippen molar-refractivity contribution in [2.24, 2.45) is 0 Å². The van der Waals surface area contributed by atoms with Crippen LogP contribution in [0.5, 0.6) is 5.75 Å². The predicted octanol–water partition coefficient (Wildman–Crippen LogP) is 3.51. The molecule has 1 aliphatic rings. The average molecular weight is 485 g/mol. The number of nitrogens with one attached hydrogen (secondary N) is 1. The molecule has 2 N–H and O–H groups in total. The molecule has 178 valence electrons.